The summed E-state index contributed by atoms with van der Waals surface area (Å²) in [5.41, 5.74) is 4.53. The molecule has 2 aromatic rings. The van der Waals surface area contributed by atoms with Crippen LogP contribution >= 0.6 is 0 Å². The highest BCUT2D eigenvalue weighted by atomic mass is 15.3. The van der Waals surface area contributed by atoms with Crippen molar-refractivity contribution >= 4 is 0 Å². The Kier molecular flexibility index (Phi) is 4.32. The molecule has 0 bridgehead atoms. The summed E-state index contributed by atoms with van der Waals surface area (Å²) in [6, 6.07) is 6.45. The lowest BCUT2D eigenvalue weighted by atomic mass is 10.0. The fourth-order valence-corrected chi connectivity index (χ4v) is 2.33. The molecule has 0 aromatic carbocycles. The van der Waals surface area contributed by atoms with Gasteiger partial charge in [0.1, 0.15) is 0 Å². The van der Waals surface area contributed by atoms with Crippen molar-refractivity contribution in [2.75, 3.05) is 6.54 Å². The zero-order chi connectivity index (χ0) is 13.8. The Morgan fingerprint density at radius 1 is 1.26 bits per heavy atom. The molecule has 1 N–H and O–H groups in total. The molecule has 0 amide bonds. The highest BCUT2D eigenvalue weighted by Gasteiger charge is 2.18. The first-order chi connectivity index (χ1) is 9.13. The normalized spacial score (nSPS) is 12.6. The molecule has 2 heterocycles. The van der Waals surface area contributed by atoms with Gasteiger partial charge in [0.05, 0.1) is 11.7 Å². The minimum absolute atomic E-state index is 0.153. The molecular weight excluding hydrogens is 236 g/mol. The van der Waals surface area contributed by atoms with Gasteiger partial charge in [-0.05, 0) is 44.5 Å². The van der Waals surface area contributed by atoms with Gasteiger partial charge in [0.15, 0.2) is 0 Å². The number of nitrogens with one attached hydrogen (secondary N) is 1. The quantitative estimate of drug-likeness (QED) is 0.896. The molecule has 102 valence electrons. The first-order valence-corrected chi connectivity index (χ1v) is 6.79. The molecule has 1 atom stereocenters. The maximum absolute atomic E-state index is 4.57. The second-order valence-electron chi connectivity index (χ2n) is 4.89. The molecule has 0 saturated carbocycles. The van der Waals surface area contributed by atoms with Gasteiger partial charge < -0.3 is 5.32 Å². The van der Waals surface area contributed by atoms with Crippen LogP contribution < -0.4 is 5.32 Å². The summed E-state index contributed by atoms with van der Waals surface area (Å²) in [5.74, 6) is 0. The predicted octanol–water partition coefficient (Wildman–Crippen LogP) is 2.52. The molecule has 0 saturated heterocycles. The minimum Gasteiger partial charge on any atom is -0.305 e. The van der Waals surface area contributed by atoms with E-state index in [0.717, 1.165) is 24.4 Å². The monoisotopic (exact) mass is 258 g/mol. The van der Waals surface area contributed by atoms with E-state index in [1.807, 2.05) is 24.9 Å². The van der Waals surface area contributed by atoms with Gasteiger partial charge >= 0.3 is 0 Å². The third-order valence-electron chi connectivity index (χ3n) is 3.33. The maximum atomic E-state index is 4.57. The average molecular weight is 258 g/mol. The van der Waals surface area contributed by atoms with Crippen LogP contribution in [0.1, 0.15) is 42.0 Å². The Balaban J connectivity index is 2.40. The van der Waals surface area contributed by atoms with Gasteiger partial charge in [-0.2, -0.15) is 5.10 Å². The Morgan fingerprint density at radius 3 is 2.63 bits per heavy atom. The van der Waals surface area contributed by atoms with Gasteiger partial charge in [0.25, 0.3) is 0 Å². The van der Waals surface area contributed by atoms with E-state index in [0.29, 0.717) is 0 Å². The summed E-state index contributed by atoms with van der Waals surface area (Å²) in [5, 5.41) is 7.86. The molecular formula is C15H22N4. The third kappa shape index (κ3) is 3.01. The van der Waals surface area contributed by atoms with Gasteiger partial charge in [0, 0.05) is 24.6 Å². The molecule has 0 aliphatic carbocycles. The molecule has 0 aliphatic heterocycles. The van der Waals surface area contributed by atoms with Crippen LogP contribution in [-0.2, 0) is 7.05 Å². The van der Waals surface area contributed by atoms with Crippen molar-refractivity contribution in [1.82, 2.24) is 20.1 Å². The molecule has 2 aromatic heterocycles. The number of hydrogen-bond acceptors (Lipinski definition) is 3. The van der Waals surface area contributed by atoms with E-state index >= 15 is 0 Å². The van der Waals surface area contributed by atoms with Crippen LogP contribution in [0.2, 0.25) is 0 Å². The number of hydrogen-bond donors (Lipinski definition) is 1. The van der Waals surface area contributed by atoms with Gasteiger partial charge in [-0.3, -0.25) is 9.67 Å². The van der Waals surface area contributed by atoms with E-state index in [9.17, 15) is 0 Å². The maximum Gasteiger partial charge on any atom is 0.0765 e. The van der Waals surface area contributed by atoms with Gasteiger partial charge in [0.2, 0.25) is 0 Å². The fourth-order valence-electron chi connectivity index (χ4n) is 2.33. The Bertz CT molecular complexity index is 545. The van der Waals surface area contributed by atoms with Crippen LogP contribution in [0.3, 0.4) is 0 Å². The highest BCUT2D eigenvalue weighted by Crippen LogP contribution is 2.23. The average Bonchev–Trinajstić information content (AvgIpc) is 2.78. The molecule has 0 fully saturated rings. The Labute approximate surface area is 114 Å². The summed E-state index contributed by atoms with van der Waals surface area (Å²) in [7, 11) is 1.98. The van der Waals surface area contributed by atoms with Crippen LogP contribution in [0.4, 0.5) is 0 Å². The molecule has 0 aliphatic rings. The Hall–Kier alpha value is -1.68. The van der Waals surface area contributed by atoms with Crippen LogP contribution in [0, 0.1) is 13.8 Å². The molecule has 2 rings (SSSR count). The van der Waals surface area contributed by atoms with Crippen LogP contribution in [0.25, 0.3) is 0 Å². The topological polar surface area (TPSA) is 42.7 Å². The van der Waals surface area contributed by atoms with Gasteiger partial charge in [-0.1, -0.05) is 13.0 Å². The summed E-state index contributed by atoms with van der Waals surface area (Å²) < 4.78 is 1.92. The van der Waals surface area contributed by atoms with Gasteiger partial charge in [-0.25, -0.2) is 0 Å². The molecule has 0 spiro atoms. The van der Waals surface area contributed by atoms with Crippen LogP contribution in [0.15, 0.2) is 24.4 Å². The van der Waals surface area contributed by atoms with Crippen LogP contribution in [0.5, 0.6) is 0 Å². The molecule has 0 radical (unpaired) electrons. The summed E-state index contributed by atoms with van der Waals surface area (Å²) in [4.78, 5) is 4.57. The summed E-state index contributed by atoms with van der Waals surface area (Å²) in [6.07, 6.45) is 2.94. The van der Waals surface area contributed by atoms with Crippen molar-refractivity contribution in [3.05, 3.63) is 47.0 Å². The lowest BCUT2D eigenvalue weighted by molar-refractivity contribution is 0.550. The van der Waals surface area contributed by atoms with E-state index in [-0.39, 0.29) is 6.04 Å². The van der Waals surface area contributed by atoms with Crippen molar-refractivity contribution in [3.8, 4) is 0 Å². The van der Waals surface area contributed by atoms with Crippen molar-refractivity contribution in [2.45, 2.75) is 33.2 Å². The predicted molar refractivity (Wildman–Crippen MR) is 77.1 cm³/mol. The fraction of sp³-hybridized carbons (Fsp3) is 0.467. The second-order valence-corrected chi connectivity index (χ2v) is 4.89. The van der Waals surface area contributed by atoms with E-state index in [1.165, 1.54) is 11.3 Å². The van der Waals surface area contributed by atoms with E-state index in [4.69, 9.17) is 0 Å². The Morgan fingerprint density at radius 2 is 2.05 bits per heavy atom. The smallest absolute Gasteiger partial charge is 0.0765 e. The first kappa shape index (κ1) is 13.7. The standard InChI is InChI=1S/C15H22N4/c1-5-9-16-15(14-8-10-17-19(14)4)13-7-6-11(2)18-12(13)3/h6-8,10,15-16H,5,9H2,1-4H3. The van der Waals surface area contributed by atoms with Crippen molar-refractivity contribution in [2.24, 2.45) is 7.05 Å². The second kappa shape index (κ2) is 5.97. The van der Waals surface area contributed by atoms with E-state index < -0.39 is 0 Å². The van der Waals surface area contributed by atoms with E-state index in [2.05, 4.69) is 47.4 Å². The zero-order valence-corrected chi connectivity index (χ0v) is 12.1. The van der Waals surface area contributed by atoms with Crippen molar-refractivity contribution in [3.63, 3.8) is 0 Å². The first-order valence-electron chi connectivity index (χ1n) is 6.79. The molecule has 4 heteroatoms. The highest BCUT2D eigenvalue weighted by molar-refractivity contribution is 5.31. The van der Waals surface area contributed by atoms with E-state index in [1.54, 1.807) is 0 Å². The number of nitrogens with zero attached hydrogens (tertiary/aromatic N) is 3. The SMILES string of the molecule is CCCNC(c1ccc(C)nc1C)c1ccnn1C. The molecule has 19 heavy (non-hydrogen) atoms. The molecule has 1 unspecified atom stereocenters. The largest absolute Gasteiger partial charge is 0.305 e. The number of rotatable bonds is 5. The van der Waals surface area contributed by atoms with Crippen molar-refractivity contribution in [1.29, 1.82) is 0 Å². The van der Waals surface area contributed by atoms with Gasteiger partial charge in [-0.15, -0.1) is 0 Å². The van der Waals surface area contributed by atoms with Crippen molar-refractivity contribution < 1.29 is 0 Å². The third-order valence-corrected chi connectivity index (χ3v) is 3.33. The minimum atomic E-state index is 0.153. The summed E-state index contributed by atoms with van der Waals surface area (Å²) in [6.45, 7) is 7.24. The number of aryl methyl sites for hydroxylation is 3. The molecule has 4 nitrogen and oxygen atoms in total. The number of pyridine rings is 1. The lowest BCUT2D eigenvalue weighted by Crippen LogP contribution is -2.26. The summed E-state index contributed by atoms with van der Waals surface area (Å²) >= 11 is 0. The number of aromatic nitrogens is 3. The van der Waals surface area contributed by atoms with Crippen LogP contribution in [-0.4, -0.2) is 21.3 Å². The zero-order valence-electron chi connectivity index (χ0n) is 12.1. The lowest BCUT2D eigenvalue weighted by Gasteiger charge is -2.21.